The minimum atomic E-state index is 0.131. The number of ether oxygens (including phenoxy) is 4. The summed E-state index contributed by atoms with van der Waals surface area (Å²) in [5, 5.41) is 24.8. The number of hydrogen-bond donors (Lipinski definition) is 0. The predicted octanol–water partition coefficient (Wildman–Crippen LogP) is 1.88. The SMILES string of the molecule is COCCCOc1ccc(COc2nn3c(-c4cc(C)on4)nnc3cc2OC)nn1. The molecule has 0 fully saturated rings. The van der Waals surface area contributed by atoms with Crippen LogP contribution in [0.2, 0.25) is 0 Å². The molecule has 0 aliphatic heterocycles. The third kappa shape index (κ3) is 4.69. The highest BCUT2D eigenvalue weighted by Crippen LogP contribution is 2.28. The molecule has 0 saturated heterocycles. The molecule has 0 unspecified atom stereocenters. The smallest absolute Gasteiger partial charge is 0.275 e. The lowest BCUT2D eigenvalue weighted by Crippen LogP contribution is -2.07. The zero-order chi connectivity index (χ0) is 21.6. The molecule has 12 nitrogen and oxygen atoms in total. The lowest BCUT2D eigenvalue weighted by molar-refractivity contribution is 0.170. The van der Waals surface area contributed by atoms with Crippen molar-refractivity contribution in [1.29, 1.82) is 0 Å². The van der Waals surface area contributed by atoms with E-state index < -0.39 is 0 Å². The van der Waals surface area contributed by atoms with Crippen molar-refractivity contribution >= 4 is 5.65 Å². The first-order chi connectivity index (χ1) is 15.2. The maximum Gasteiger partial charge on any atom is 0.275 e. The van der Waals surface area contributed by atoms with Crippen LogP contribution in [-0.4, -0.2) is 62.6 Å². The van der Waals surface area contributed by atoms with Crippen LogP contribution >= 0.6 is 0 Å². The van der Waals surface area contributed by atoms with E-state index in [1.54, 1.807) is 38.3 Å². The predicted molar refractivity (Wildman–Crippen MR) is 106 cm³/mol. The van der Waals surface area contributed by atoms with Gasteiger partial charge in [-0.25, -0.2) is 0 Å². The summed E-state index contributed by atoms with van der Waals surface area (Å²) in [5.74, 6) is 2.18. The van der Waals surface area contributed by atoms with Gasteiger partial charge in [-0.2, -0.15) is 4.52 Å². The minimum Gasteiger partial charge on any atom is -0.491 e. The molecule has 0 aromatic carbocycles. The summed E-state index contributed by atoms with van der Waals surface area (Å²) >= 11 is 0. The molecule has 0 bridgehead atoms. The molecule has 31 heavy (non-hydrogen) atoms. The summed E-state index contributed by atoms with van der Waals surface area (Å²) in [4.78, 5) is 0. The number of fused-ring (bicyclic) bond motifs is 1. The van der Waals surface area contributed by atoms with E-state index >= 15 is 0 Å². The van der Waals surface area contributed by atoms with Crippen molar-refractivity contribution in [2.45, 2.75) is 20.0 Å². The van der Waals surface area contributed by atoms with E-state index in [0.717, 1.165) is 6.42 Å². The van der Waals surface area contributed by atoms with Gasteiger partial charge in [-0.05, 0) is 13.0 Å². The second-order valence-electron chi connectivity index (χ2n) is 6.48. The topological polar surface area (TPSA) is 132 Å². The van der Waals surface area contributed by atoms with Gasteiger partial charge in [0.1, 0.15) is 18.1 Å². The molecule has 0 atom stereocenters. The van der Waals surface area contributed by atoms with E-state index in [1.165, 1.54) is 11.6 Å². The molecule has 0 aliphatic carbocycles. The average molecular weight is 427 g/mol. The summed E-state index contributed by atoms with van der Waals surface area (Å²) in [6, 6.07) is 6.93. The average Bonchev–Trinajstić information content (AvgIpc) is 3.40. The molecule has 0 radical (unpaired) electrons. The molecule has 12 heteroatoms. The monoisotopic (exact) mass is 427 g/mol. The Bertz CT molecular complexity index is 1140. The molecule has 0 amide bonds. The summed E-state index contributed by atoms with van der Waals surface area (Å²) in [7, 11) is 3.17. The summed E-state index contributed by atoms with van der Waals surface area (Å²) in [5.41, 5.74) is 1.60. The van der Waals surface area contributed by atoms with Crippen molar-refractivity contribution in [3.8, 4) is 29.0 Å². The highest BCUT2D eigenvalue weighted by atomic mass is 16.5. The van der Waals surface area contributed by atoms with Gasteiger partial charge in [-0.15, -0.1) is 25.5 Å². The molecule has 0 saturated carbocycles. The Kier molecular flexibility index (Phi) is 6.17. The van der Waals surface area contributed by atoms with E-state index in [4.69, 9.17) is 23.5 Å². The van der Waals surface area contributed by atoms with Crippen molar-refractivity contribution in [2.24, 2.45) is 0 Å². The third-order valence-electron chi connectivity index (χ3n) is 4.20. The van der Waals surface area contributed by atoms with Crippen molar-refractivity contribution in [3.63, 3.8) is 0 Å². The van der Waals surface area contributed by atoms with Crippen molar-refractivity contribution < 1.29 is 23.5 Å². The van der Waals surface area contributed by atoms with Gasteiger partial charge in [0.15, 0.2) is 17.1 Å². The van der Waals surface area contributed by atoms with Crippen LogP contribution in [0.4, 0.5) is 0 Å². The first-order valence-corrected chi connectivity index (χ1v) is 9.49. The molecule has 4 aromatic rings. The van der Waals surface area contributed by atoms with Gasteiger partial charge in [-0.1, -0.05) is 5.16 Å². The van der Waals surface area contributed by atoms with Crippen LogP contribution in [0.15, 0.2) is 28.8 Å². The van der Waals surface area contributed by atoms with Gasteiger partial charge in [0.05, 0.1) is 13.7 Å². The van der Waals surface area contributed by atoms with Crippen molar-refractivity contribution in [2.75, 3.05) is 27.4 Å². The molecule has 0 spiro atoms. The van der Waals surface area contributed by atoms with Gasteiger partial charge in [0, 0.05) is 38.3 Å². The molecule has 0 aliphatic rings. The molecule has 162 valence electrons. The maximum absolute atomic E-state index is 5.82. The van der Waals surface area contributed by atoms with E-state index in [9.17, 15) is 0 Å². The Labute approximate surface area is 177 Å². The van der Waals surface area contributed by atoms with Gasteiger partial charge in [-0.3, -0.25) is 0 Å². The van der Waals surface area contributed by atoms with E-state index in [-0.39, 0.29) is 12.5 Å². The molecule has 0 N–H and O–H groups in total. The van der Waals surface area contributed by atoms with Gasteiger partial charge < -0.3 is 23.5 Å². The van der Waals surface area contributed by atoms with Crippen LogP contribution in [0.3, 0.4) is 0 Å². The zero-order valence-corrected chi connectivity index (χ0v) is 17.3. The molecule has 4 heterocycles. The second kappa shape index (κ2) is 9.34. The van der Waals surface area contributed by atoms with Crippen LogP contribution < -0.4 is 14.2 Å². The number of nitrogens with zero attached hydrogens (tertiary/aromatic N) is 7. The van der Waals surface area contributed by atoms with Gasteiger partial charge >= 0.3 is 0 Å². The lowest BCUT2D eigenvalue weighted by atomic mass is 10.3. The quantitative estimate of drug-likeness (QED) is 0.344. The number of methoxy groups -OCH3 is 2. The standard InChI is InChI=1S/C19H21N7O5/c1-12-9-14(25-31-12)18-23-21-16-10-15(28-3)19(24-26(16)18)30-11-13-5-6-17(22-20-13)29-8-4-7-27-2/h5-6,9-10H,4,7-8,11H2,1-3H3. The first-order valence-electron chi connectivity index (χ1n) is 9.49. The van der Waals surface area contributed by atoms with Crippen molar-refractivity contribution in [3.05, 3.63) is 35.7 Å². The number of aryl methyl sites for hydroxylation is 1. The third-order valence-corrected chi connectivity index (χ3v) is 4.20. The lowest BCUT2D eigenvalue weighted by Gasteiger charge is -2.10. The minimum absolute atomic E-state index is 0.131. The van der Waals surface area contributed by atoms with Gasteiger partial charge in [0.2, 0.25) is 11.7 Å². The molecule has 4 rings (SSSR count). The van der Waals surface area contributed by atoms with Crippen LogP contribution in [0.5, 0.6) is 17.5 Å². The highest BCUT2D eigenvalue weighted by molar-refractivity contribution is 5.56. The van der Waals surface area contributed by atoms with Crippen LogP contribution in [-0.2, 0) is 11.3 Å². The fourth-order valence-corrected chi connectivity index (χ4v) is 2.70. The summed E-state index contributed by atoms with van der Waals surface area (Å²) < 4.78 is 28.3. The fourth-order valence-electron chi connectivity index (χ4n) is 2.70. The second-order valence-corrected chi connectivity index (χ2v) is 6.48. The van der Waals surface area contributed by atoms with E-state index in [0.29, 0.717) is 53.5 Å². The normalized spacial score (nSPS) is 11.1. The maximum atomic E-state index is 5.82. The summed E-state index contributed by atoms with van der Waals surface area (Å²) in [6.45, 7) is 3.06. The number of rotatable bonds is 10. The first kappa shape index (κ1) is 20.5. The largest absolute Gasteiger partial charge is 0.491 e. The Hall–Kier alpha value is -3.80. The van der Waals surface area contributed by atoms with Crippen LogP contribution in [0.1, 0.15) is 17.9 Å². The van der Waals surface area contributed by atoms with Crippen LogP contribution in [0.25, 0.3) is 17.2 Å². The Balaban J connectivity index is 1.48. The van der Waals surface area contributed by atoms with E-state index in [2.05, 4.69) is 30.7 Å². The fraction of sp³-hybridized carbons (Fsp3) is 0.368. The van der Waals surface area contributed by atoms with Gasteiger partial charge in [0.25, 0.3) is 5.88 Å². The zero-order valence-electron chi connectivity index (χ0n) is 17.3. The van der Waals surface area contributed by atoms with E-state index in [1.807, 2.05) is 0 Å². The molecular formula is C19H21N7O5. The summed E-state index contributed by atoms with van der Waals surface area (Å²) in [6.07, 6.45) is 0.774. The molecule has 4 aromatic heterocycles. The number of hydrogen-bond acceptors (Lipinski definition) is 11. The Morgan fingerprint density at radius 3 is 2.61 bits per heavy atom. The Morgan fingerprint density at radius 2 is 1.90 bits per heavy atom. The Morgan fingerprint density at radius 1 is 1.00 bits per heavy atom. The number of aromatic nitrogens is 7. The molecular weight excluding hydrogens is 406 g/mol. The highest BCUT2D eigenvalue weighted by Gasteiger charge is 2.18. The van der Waals surface area contributed by atoms with Crippen LogP contribution in [0, 0.1) is 6.92 Å². The van der Waals surface area contributed by atoms with Crippen molar-refractivity contribution in [1.82, 2.24) is 35.2 Å².